The zero-order valence-electron chi connectivity index (χ0n) is 46.3. The first-order valence-electron chi connectivity index (χ1n) is 28.0. The van der Waals surface area contributed by atoms with E-state index in [1.165, 1.54) is 63.2 Å². The van der Waals surface area contributed by atoms with Gasteiger partial charge in [0.2, 0.25) is 11.8 Å². The molecule has 0 spiro atoms. The molecule has 0 fully saturated rings. The van der Waals surface area contributed by atoms with Crippen LogP contribution in [0.2, 0.25) is 0 Å². The van der Waals surface area contributed by atoms with Crippen molar-refractivity contribution in [3.8, 4) is 43.1 Å². The van der Waals surface area contributed by atoms with Crippen molar-refractivity contribution < 1.29 is 8.83 Å². The van der Waals surface area contributed by atoms with Crippen LogP contribution in [0.3, 0.4) is 0 Å². The summed E-state index contributed by atoms with van der Waals surface area (Å²) in [4.78, 5) is 7.45. The average molecular weight is 1070 g/mol. The third-order valence-electron chi connectivity index (χ3n) is 16.8. The van der Waals surface area contributed by atoms with Gasteiger partial charge in [-0.2, -0.15) is 0 Å². The zero-order valence-corrected chi connectivity index (χ0v) is 47.9. The highest BCUT2D eigenvalue weighted by atomic mass is 32.1. The van der Waals surface area contributed by atoms with Crippen LogP contribution in [0.25, 0.3) is 85.2 Å². The Balaban J connectivity index is 1.07. The molecule has 0 aliphatic carbocycles. The van der Waals surface area contributed by atoms with Crippen LogP contribution in [-0.2, 0) is 10.8 Å². The van der Waals surface area contributed by atoms with Crippen molar-refractivity contribution in [1.82, 2.24) is 0 Å². The molecule has 80 heavy (non-hydrogen) atoms. The van der Waals surface area contributed by atoms with E-state index in [0.29, 0.717) is 0 Å². The van der Waals surface area contributed by atoms with E-state index in [-0.39, 0.29) is 23.5 Å². The number of fused-ring (bicyclic) bond motifs is 10. The van der Waals surface area contributed by atoms with Crippen molar-refractivity contribution >= 4 is 122 Å². The van der Waals surface area contributed by atoms with Gasteiger partial charge in [-0.25, -0.2) is 0 Å². The van der Waals surface area contributed by atoms with E-state index in [1.807, 2.05) is 22.7 Å². The van der Waals surface area contributed by atoms with Gasteiger partial charge in [-0.3, -0.25) is 9.80 Å². The molecule has 0 unspecified atom stereocenters. The Morgan fingerprint density at radius 3 is 1.24 bits per heavy atom. The quantitative estimate of drug-likeness (QED) is 0.149. The summed E-state index contributed by atoms with van der Waals surface area (Å²) in [6.45, 7) is 18.2. The van der Waals surface area contributed by atoms with Gasteiger partial charge in [0.1, 0.15) is 11.2 Å². The minimum atomic E-state index is -0.261. The topological polar surface area (TPSA) is 32.8 Å². The third-order valence-corrected chi connectivity index (χ3v) is 19.1. The molecule has 388 valence electrons. The first-order chi connectivity index (χ1) is 38.7. The number of anilines is 6. The molecule has 9 aromatic carbocycles. The van der Waals surface area contributed by atoms with Gasteiger partial charge in [0.05, 0.1) is 11.4 Å². The number of hydrogen-bond donors (Lipinski definition) is 0. The van der Waals surface area contributed by atoms with E-state index >= 15 is 0 Å². The Morgan fingerprint density at radius 2 is 0.825 bits per heavy atom. The van der Waals surface area contributed by atoms with Gasteiger partial charge in [0, 0.05) is 63.4 Å². The molecule has 15 rings (SSSR count). The smallest absolute Gasteiger partial charge is 0.262 e. The molecule has 4 aromatic heterocycles. The molecule has 13 aromatic rings. The lowest BCUT2D eigenvalue weighted by Crippen LogP contribution is -2.61. The van der Waals surface area contributed by atoms with Gasteiger partial charge in [0.15, 0.2) is 0 Å². The highest BCUT2D eigenvalue weighted by molar-refractivity contribution is 7.22. The first kappa shape index (κ1) is 48.7. The van der Waals surface area contributed by atoms with Crippen LogP contribution in [0.1, 0.15) is 78.0 Å². The second-order valence-electron chi connectivity index (χ2n) is 24.3. The molecule has 0 bridgehead atoms. The fraction of sp³-hybridized carbons (Fsp3) is 0.151. The lowest BCUT2D eigenvalue weighted by Gasteiger charge is -2.42. The summed E-state index contributed by atoms with van der Waals surface area (Å²) < 4.78 is 17.7. The number of furan rings is 2. The summed E-state index contributed by atoms with van der Waals surface area (Å²) in [6.07, 6.45) is 0. The van der Waals surface area contributed by atoms with E-state index < -0.39 is 0 Å². The monoisotopic (exact) mass is 1070 g/mol. The molecule has 0 N–H and O–H groups in total. The summed E-state index contributed by atoms with van der Waals surface area (Å²) in [5.41, 5.74) is 20.0. The van der Waals surface area contributed by atoms with Gasteiger partial charge in [-0.1, -0.05) is 177 Å². The summed E-state index contributed by atoms with van der Waals surface area (Å²) in [6, 6.07) is 76.9. The van der Waals surface area contributed by atoms with Crippen LogP contribution in [0.4, 0.5) is 34.5 Å². The predicted molar refractivity (Wildman–Crippen MR) is 344 cm³/mol. The molecule has 6 heterocycles. The molecule has 0 amide bonds. The Kier molecular flexibility index (Phi) is 11.0. The molecule has 2 aliphatic heterocycles. The summed E-state index contributed by atoms with van der Waals surface area (Å²) in [7, 11) is 0. The van der Waals surface area contributed by atoms with E-state index in [9.17, 15) is 0 Å². The molecule has 2 aliphatic rings. The van der Waals surface area contributed by atoms with Crippen LogP contribution in [0.5, 0.6) is 0 Å². The number of thiophene rings is 2. The van der Waals surface area contributed by atoms with Gasteiger partial charge in [-0.05, 0) is 157 Å². The molecule has 4 nitrogen and oxygen atoms in total. The molecule has 0 radical (unpaired) electrons. The van der Waals surface area contributed by atoms with Gasteiger partial charge < -0.3 is 8.83 Å². The van der Waals surface area contributed by atoms with Crippen LogP contribution in [0, 0.1) is 0 Å². The lowest BCUT2D eigenvalue weighted by atomic mass is 9.33. The number of nitrogens with zero attached hydrogens (tertiary/aromatic N) is 2. The molecule has 0 saturated heterocycles. The largest absolute Gasteiger partial charge is 0.440 e. The standard InChI is InChI=1S/C73H59BN2O2S2/c1-43(2)50-37-59-69-60(38-50)76(58-32-28-49(36-54(58)45-21-13-10-14-22-45)66-40-47-24-16-18-26-64(47)80-66)71-68(56-42-52(73(6,7)8)30-34-62(56)78-71)74(69)67-55-41-51(72(3,4)5)29-33-61(55)77-70(67)75(59)57-31-27-48(35-53(57)44-19-11-9-12-20-44)65-39-46-23-15-17-25-63(46)79-65/h9-43H,1-8H3. The van der Waals surface area contributed by atoms with Gasteiger partial charge in [-0.15, -0.1) is 22.7 Å². The van der Waals surface area contributed by atoms with E-state index in [0.717, 1.165) is 89.6 Å². The minimum absolute atomic E-state index is 0.112. The third kappa shape index (κ3) is 7.76. The van der Waals surface area contributed by atoms with Crippen molar-refractivity contribution in [2.75, 3.05) is 9.80 Å². The Bertz CT molecular complexity index is 4270. The predicted octanol–water partition coefficient (Wildman–Crippen LogP) is 20.1. The number of hydrogen-bond acceptors (Lipinski definition) is 6. The number of benzene rings is 9. The highest BCUT2D eigenvalue weighted by Crippen LogP contribution is 2.53. The minimum Gasteiger partial charge on any atom is -0.440 e. The molecule has 0 atom stereocenters. The fourth-order valence-corrected chi connectivity index (χ4v) is 14.6. The molecular weight excluding hydrogens is 1010 g/mol. The van der Waals surface area contributed by atoms with E-state index in [4.69, 9.17) is 8.83 Å². The maximum Gasteiger partial charge on any atom is 0.262 e. The van der Waals surface area contributed by atoms with Crippen LogP contribution >= 0.6 is 22.7 Å². The summed E-state index contributed by atoms with van der Waals surface area (Å²) >= 11 is 3.69. The fourth-order valence-electron chi connectivity index (χ4n) is 12.5. The molecular formula is C73H59BN2O2S2. The Hall–Kier alpha value is -8.36. The highest BCUT2D eigenvalue weighted by Gasteiger charge is 2.50. The SMILES string of the molecule is CC(C)c1cc2c3c(c1)N(c1ccc(-c4cc5ccccc5s4)cc1-c1ccccc1)c1oc4ccc(C(C)(C)C)cc4c1B3c1c(oc3ccc(C(C)(C)C)cc13)N2c1ccc(-c2cc3ccccc3s2)cc1-c1ccccc1. The van der Waals surface area contributed by atoms with E-state index in [1.54, 1.807) is 0 Å². The second kappa shape index (κ2) is 18.1. The van der Waals surface area contributed by atoms with Gasteiger partial charge >= 0.3 is 0 Å². The van der Waals surface area contributed by atoms with Crippen LogP contribution < -0.4 is 26.2 Å². The zero-order chi connectivity index (χ0) is 54.3. The first-order valence-corrected chi connectivity index (χ1v) is 29.7. The lowest BCUT2D eigenvalue weighted by molar-refractivity contribution is 0.589. The summed E-state index contributed by atoms with van der Waals surface area (Å²) in [5.74, 6) is 1.85. The second-order valence-corrected chi connectivity index (χ2v) is 26.5. The Labute approximate surface area is 476 Å². The van der Waals surface area contributed by atoms with Crippen molar-refractivity contribution in [3.63, 3.8) is 0 Å². The summed E-state index contributed by atoms with van der Waals surface area (Å²) in [5, 5.41) is 4.75. The van der Waals surface area contributed by atoms with E-state index in [2.05, 4.69) is 271 Å². The van der Waals surface area contributed by atoms with Crippen LogP contribution in [0.15, 0.2) is 215 Å². The van der Waals surface area contributed by atoms with Crippen molar-refractivity contribution in [2.45, 2.75) is 72.1 Å². The molecule has 0 saturated carbocycles. The maximum absolute atomic E-state index is 7.56. The van der Waals surface area contributed by atoms with Crippen molar-refractivity contribution in [1.29, 1.82) is 0 Å². The van der Waals surface area contributed by atoms with Crippen LogP contribution in [-0.4, -0.2) is 6.71 Å². The average Bonchev–Trinajstić information content (AvgIpc) is 2.40. The number of rotatable bonds is 7. The van der Waals surface area contributed by atoms with Crippen molar-refractivity contribution in [3.05, 3.63) is 223 Å². The maximum atomic E-state index is 7.56. The normalized spacial score (nSPS) is 13.3. The molecule has 7 heteroatoms. The Morgan fingerprint density at radius 1 is 0.400 bits per heavy atom. The van der Waals surface area contributed by atoms with Gasteiger partial charge in [0.25, 0.3) is 6.71 Å². The van der Waals surface area contributed by atoms with Crippen molar-refractivity contribution in [2.24, 2.45) is 0 Å².